The van der Waals surface area contributed by atoms with Gasteiger partial charge in [-0.25, -0.2) is 9.97 Å². The van der Waals surface area contributed by atoms with E-state index in [-0.39, 0.29) is 11.5 Å². The van der Waals surface area contributed by atoms with Crippen LogP contribution in [-0.4, -0.2) is 22.0 Å². The van der Waals surface area contributed by atoms with Gasteiger partial charge in [0.2, 0.25) is 0 Å². The summed E-state index contributed by atoms with van der Waals surface area (Å²) in [5.74, 6) is 0.646. The molecule has 1 aromatic heterocycles. The van der Waals surface area contributed by atoms with Crippen LogP contribution in [0.3, 0.4) is 0 Å². The minimum Gasteiger partial charge on any atom is -0.490 e. The molecule has 1 aromatic carbocycles. The number of nitrogen functional groups attached to an aromatic ring is 1. The minimum absolute atomic E-state index is 0.0403. The lowest BCUT2D eigenvalue weighted by Gasteiger charge is -2.08. The molecule has 0 aliphatic carbocycles. The number of methoxy groups -OCH3 is 1. The summed E-state index contributed by atoms with van der Waals surface area (Å²) in [7, 11) is 1.48. The molecule has 0 spiro atoms. The Morgan fingerprint density at radius 1 is 1.32 bits per heavy atom. The molecule has 0 fully saturated rings. The zero-order valence-corrected chi connectivity index (χ0v) is 10.8. The fourth-order valence-electron chi connectivity index (χ4n) is 1.38. The Morgan fingerprint density at radius 3 is 2.58 bits per heavy atom. The molecule has 0 amide bonds. The first-order chi connectivity index (χ1) is 9.11. The molecular weight excluding hydrogens is 268 g/mol. The number of non-ortho nitro benzene ring substituents is 1. The SMILES string of the molecule is COc1c(N)ncnc1Sc1ccc([N+](=O)[O-])cc1. The zero-order valence-electron chi connectivity index (χ0n) is 9.94. The molecule has 98 valence electrons. The molecular formula is C11H10N4O3S. The van der Waals surface area contributed by atoms with Crippen LogP contribution in [-0.2, 0) is 0 Å². The summed E-state index contributed by atoms with van der Waals surface area (Å²) in [6, 6.07) is 6.14. The lowest BCUT2D eigenvalue weighted by atomic mass is 10.3. The van der Waals surface area contributed by atoms with Crippen molar-refractivity contribution in [1.29, 1.82) is 0 Å². The maximum absolute atomic E-state index is 10.6. The number of nitro benzene ring substituents is 1. The van der Waals surface area contributed by atoms with E-state index in [9.17, 15) is 10.1 Å². The fourth-order valence-corrected chi connectivity index (χ4v) is 2.26. The molecule has 0 aliphatic heterocycles. The lowest BCUT2D eigenvalue weighted by molar-refractivity contribution is -0.384. The largest absolute Gasteiger partial charge is 0.490 e. The number of nitro groups is 1. The van der Waals surface area contributed by atoms with Crippen LogP contribution in [0.4, 0.5) is 11.5 Å². The molecule has 2 N–H and O–H groups in total. The van der Waals surface area contributed by atoms with Crippen LogP contribution in [0.1, 0.15) is 0 Å². The topological polar surface area (TPSA) is 104 Å². The predicted octanol–water partition coefficient (Wildman–Crippen LogP) is 2.13. The van der Waals surface area contributed by atoms with Crippen LogP contribution >= 0.6 is 11.8 Å². The highest BCUT2D eigenvalue weighted by Gasteiger charge is 2.12. The maximum Gasteiger partial charge on any atom is 0.269 e. The molecule has 2 aromatic rings. The smallest absolute Gasteiger partial charge is 0.269 e. The summed E-state index contributed by atoms with van der Waals surface area (Å²) in [5.41, 5.74) is 5.71. The second-order valence-corrected chi connectivity index (χ2v) is 4.51. The number of ether oxygens (including phenoxy) is 1. The molecule has 0 radical (unpaired) electrons. The summed E-state index contributed by atoms with van der Waals surface area (Å²) in [6.45, 7) is 0. The second kappa shape index (κ2) is 5.53. The van der Waals surface area contributed by atoms with Crippen LogP contribution in [0.5, 0.6) is 5.75 Å². The van der Waals surface area contributed by atoms with E-state index in [1.807, 2.05) is 0 Å². The first-order valence-electron chi connectivity index (χ1n) is 5.18. The number of rotatable bonds is 4. The quantitative estimate of drug-likeness (QED) is 0.519. The van der Waals surface area contributed by atoms with Crippen molar-refractivity contribution in [3.8, 4) is 5.75 Å². The Morgan fingerprint density at radius 2 is 2.00 bits per heavy atom. The molecule has 0 saturated carbocycles. The van der Waals surface area contributed by atoms with Crippen LogP contribution in [0.2, 0.25) is 0 Å². The first-order valence-corrected chi connectivity index (χ1v) is 6.00. The maximum atomic E-state index is 10.6. The number of hydrogen-bond acceptors (Lipinski definition) is 7. The van der Waals surface area contributed by atoms with Gasteiger partial charge in [0.25, 0.3) is 5.69 Å². The highest BCUT2D eigenvalue weighted by atomic mass is 32.2. The Hall–Kier alpha value is -2.35. The van der Waals surface area contributed by atoms with Gasteiger partial charge in [-0.1, -0.05) is 11.8 Å². The Labute approximate surface area is 113 Å². The molecule has 0 aliphatic rings. The van der Waals surface area contributed by atoms with Crippen molar-refractivity contribution in [2.75, 3.05) is 12.8 Å². The van der Waals surface area contributed by atoms with Gasteiger partial charge in [-0.3, -0.25) is 10.1 Å². The fraction of sp³-hybridized carbons (Fsp3) is 0.0909. The molecule has 19 heavy (non-hydrogen) atoms. The van der Waals surface area contributed by atoms with E-state index in [4.69, 9.17) is 10.5 Å². The highest BCUT2D eigenvalue weighted by molar-refractivity contribution is 7.99. The molecule has 8 heteroatoms. The third-order valence-corrected chi connectivity index (χ3v) is 3.26. The molecule has 2 rings (SSSR count). The third-order valence-electron chi connectivity index (χ3n) is 2.26. The summed E-state index contributed by atoms with van der Waals surface area (Å²) in [5, 5.41) is 11.1. The van der Waals surface area contributed by atoms with E-state index < -0.39 is 4.92 Å². The van der Waals surface area contributed by atoms with E-state index >= 15 is 0 Å². The number of hydrogen-bond donors (Lipinski definition) is 1. The van der Waals surface area contributed by atoms with E-state index in [0.717, 1.165) is 4.90 Å². The molecule has 1 heterocycles. The molecule has 0 atom stereocenters. The van der Waals surface area contributed by atoms with E-state index in [1.54, 1.807) is 12.1 Å². The average Bonchev–Trinajstić information content (AvgIpc) is 2.39. The number of aromatic nitrogens is 2. The van der Waals surface area contributed by atoms with Gasteiger partial charge in [-0.15, -0.1) is 0 Å². The van der Waals surface area contributed by atoms with Crippen molar-refractivity contribution in [3.05, 3.63) is 40.7 Å². The Kier molecular flexibility index (Phi) is 3.81. The summed E-state index contributed by atoms with van der Waals surface area (Å²) >= 11 is 1.29. The van der Waals surface area contributed by atoms with E-state index in [2.05, 4.69) is 9.97 Å². The van der Waals surface area contributed by atoms with Crippen molar-refractivity contribution in [1.82, 2.24) is 9.97 Å². The van der Waals surface area contributed by atoms with Crippen molar-refractivity contribution < 1.29 is 9.66 Å². The van der Waals surface area contributed by atoms with Crippen molar-refractivity contribution in [2.45, 2.75) is 9.92 Å². The third kappa shape index (κ3) is 2.91. The normalized spacial score (nSPS) is 10.2. The van der Waals surface area contributed by atoms with Gasteiger partial charge in [0.05, 0.1) is 12.0 Å². The summed E-state index contributed by atoms with van der Waals surface area (Å²) in [4.78, 5) is 18.8. The van der Waals surface area contributed by atoms with Gasteiger partial charge in [-0.05, 0) is 12.1 Å². The number of benzene rings is 1. The van der Waals surface area contributed by atoms with E-state index in [0.29, 0.717) is 10.8 Å². The first kappa shape index (κ1) is 13.1. The highest BCUT2D eigenvalue weighted by Crippen LogP contribution is 2.35. The van der Waals surface area contributed by atoms with Crippen LogP contribution in [0.25, 0.3) is 0 Å². The Bertz CT molecular complexity index is 603. The van der Waals surface area contributed by atoms with Crippen LogP contribution < -0.4 is 10.5 Å². The average molecular weight is 278 g/mol. The van der Waals surface area contributed by atoms with Crippen molar-refractivity contribution in [3.63, 3.8) is 0 Å². The van der Waals surface area contributed by atoms with Gasteiger partial charge < -0.3 is 10.5 Å². The number of nitrogens with zero attached hydrogens (tertiary/aromatic N) is 3. The molecule has 0 unspecified atom stereocenters. The second-order valence-electron chi connectivity index (χ2n) is 3.45. The number of nitrogens with two attached hydrogens (primary N) is 1. The van der Waals surface area contributed by atoms with Crippen LogP contribution in [0.15, 0.2) is 40.5 Å². The van der Waals surface area contributed by atoms with E-state index in [1.165, 1.54) is 37.3 Å². The van der Waals surface area contributed by atoms with Crippen molar-refractivity contribution in [2.24, 2.45) is 0 Å². The van der Waals surface area contributed by atoms with Gasteiger partial charge >= 0.3 is 0 Å². The van der Waals surface area contributed by atoms with Gasteiger partial charge in [-0.2, -0.15) is 0 Å². The predicted molar refractivity (Wildman–Crippen MR) is 70.2 cm³/mol. The zero-order chi connectivity index (χ0) is 13.8. The van der Waals surface area contributed by atoms with Crippen LogP contribution in [0, 0.1) is 10.1 Å². The number of anilines is 1. The Balaban J connectivity index is 2.26. The summed E-state index contributed by atoms with van der Waals surface area (Å²) < 4.78 is 5.13. The lowest BCUT2D eigenvalue weighted by Crippen LogP contribution is -1.98. The van der Waals surface area contributed by atoms with Gasteiger partial charge in [0.1, 0.15) is 11.4 Å². The van der Waals surface area contributed by atoms with Gasteiger partial charge in [0.15, 0.2) is 11.6 Å². The standard InChI is InChI=1S/C11H10N4O3S/c1-18-9-10(12)13-6-14-11(9)19-8-4-2-7(3-5-8)15(16)17/h2-6H,1H3,(H2,12,13,14). The molecule has 7 nitrogen and oxygen atoms in total. The molecule has 0 saturated heterocycles. The summed E-state index contributed by atoms with van der Waals surface area (Å²) in [6.07, 6.45) is 1.34. The monoisotopic (exact) mass is 278 g/mol. The minimum atomic E-state index is -0.447. The van der Waals surface area contributed by atoms with Crippen molar-refractivity contribution >= 4 is 23.3 Å². The molecule has 0 bridgehead atoms. The van der Waals surface area contributed by atoms with Gasteiger partial charge in [0, 0.05) is 17.0 Å².